The molecule has 12 heterocycles. The lowest BCUT2D eigenvalue weighted by molar-refractivity contribution is 0.654. The summed E-state index contributed by atoms with van der Waals surface area (Å²) in [5.41, 5.74) is 32.3. The van der Waals surface area contributed by atoms with Gasteiger partial charge in [0.25, 0.3) is 0 Å². The molecule has 0 aliphatic carbocycles. The zero-order chi connectivity index (χ0) is 64.0. The van der Waals surface area contributed by atoms with Crippen molar-refractivity contribution >= 4 is 196 Å². The van der Waals surface area contributed by atoms with Gasteiger partial charge < -0.3 is 44.8 Å². The third-order valence-electron chi connectivity index (χ3n) is 20.0. The average Bonchev–Trinajstić information content (AvgIpc) is 1.54. The van der Waals surface area contributed by atoms with Crippen molar-refractivity contribution in [2.75, 3.05) is 0 Å². The van der Waals surface area contributed by atoms with E-state index in [4.69, 9.17) is 26.5 Å². The molecule has 22 aromatic rings. The lowest BCUT2D eigenvalue weighted by Crippen LogP contribution is -1.94. The molecule has 10 nitrogen and oxygen atoms in total. The number of aryl methyl sites for hydroxylation is 8. The third-order valence-corrected chi connectivity index (χ3v) is 22.2. The summed E-state index contributed by atoms with van der Waals surface area (Å²) in [6.07, 6.45) is 0. The SMILES string of the molecule is Cc1ccc(-n2c3c4cc5oc6c7sc8cc(C)ccc8c7n(-c7ccc(C)cc7)c6c5cc4oc3c3sc4cc(C)ccc4c32)cc1.Cc1ccc(-n2c3cc(C)ccc3c3oc4c5cc6oc7c(oc8c9ccc(C)cc9n(-c9ccc(C)cc9)c87)c6cc5oc4c32)cc1. The first kappa shape index (κ1) is 54.0. The van der Waals surface area contributed by atoms with Gasteiger partial charge in [-0.1, -0.05) is 107 Å². The summed E-state index contributed by atoms with van der Waals surface area (Å²) in [5.74, 6) is 0. The zero-order valence-electron chi connectivity index (χ0n) is 53.5. The lowest BCUT2D eigenvalue weighted by Gasteiger charge is -2.08. The fourth-order valence-electron chi connectivity index (χ4n) is 15.3. The number of furan rings is 6. The minimum Gasteiger partial charge on any atom is -0.453 e. The second-order valence-corrected chi connectivity index (χ2v) is 28.7. The van der Waals surface area contributed by atoms with Crippen LogP contribution in [0.1, 0.15) is 44.5 Å². The van der Waals surface area contributed by atoms with Gasteiger partial charge in [0.15, 0.2) is 44.7 Å². The molecule has 0 saturated carbocycles. The first-order chi connectivity index (χ1) is 46.8. The second-order valence-electron chi connectivity index (χ2n) is 26.6. The summed E-state index contributed by atoms with van der Waals surface area (Å²) in [4.78, 5) is 0. The highest BCUT2D eigenvalue weighted by Gasteiger charge is 2.31. The first-order valence-corrected chi connectivity index (χ1v) is 34.1. The number of benzene rings is 10. The molecule has 460 valence electrons. The van der Waals surface area contributed by atoms with Gasteiger partial charge in [0, 0.05) is 64.5 Å². The predicted molar refractivity (Wildman–Crippen MR) is 398 cm³/mol. The maximum Gasteiger partial charge on any atom is 0.198 e. The Bertz CT molecular complexity index is 6700. The van der Waals surface area contributed by atoms with Crippen LogP contribution in [0, 0.1) is 55.4 Å². The van der Waals surface area contributed by atoms with Crippen molar-refractivity contribution in [2.24, 2.45) is 0 Å². The minimum atomic E-state index is 0.711. The summed E-state index contributed by atoms with van der Waals surface area (Å²) in [5, 5.41) is 8.45. The van der Waals surface area contributed by atoms with Gasteiger partial charge in [0.1, 0.15) is 44.4 Å². The Balaban J connectivity index is 0.000000127. The Morgan fingerprint density at radius 3 is 0.896 bits per heavy atom. The summed E-state index contributed by atoms with van der Waals surface area (Å²) >= 11 is 3.63. The maximum atomic E-state index is 6.92. The molecular formula is C84H56N4O6S2. The molecule has 0 saturated heterocycles. The van der Waals surface area contributed by atoms with Gasteiger partial charge in [0.05, 0.1) is 42.2 Å². The summed E-state index contributed by atoms with van der Waals surface area (Å²) in [6.45, 7) is 17.0. The van der Waals surface area contributed by atoms with Crippen LogP contribution in [0.5, 0.6) is 0 Å². The Morgan fingerprint density at radius 2 is 0.521 bits per heavy atom. The van der Waals surface area contributed by atoms with Gasteiger partial charge in [0.2, 0.25) is 0 Å². The van der Waals surface area contributed by atoms with E-state index < -0.39 is 0 Å². The van der Waals surface area contributed by atoms with E-state index >= 15 is 0 Å². The average molecular weight is 1280 g/mol. The van der Waals surface area contributed by atoms with E-state index in [1.165, 1.54) is 85.1 Å². The van der Waals surface area contributed by atoms with Crippen LogP contribution in [0.3, 0.4) is 0 Å². The molecule has 0 N–H and O–H groups in total. The molecule has 0 aliphatic heterocycles. The van der Waals surface area contributed by atoms with E-state index in [1.54, 1.807) is 0 Å². The maximum absolute atomic E-state index is 6.92. The van der Waals surface area contributed by atoms with Gasteiger partial charge in [-0.25, -0.2) is 0 Å². The van der Waals surface area contributed by atoms with Gasteiger partial charge >= 0.3 is 0 Å². The number of hydrogen-bond donors (Lipinski definition) is 0. The summed E-state index contributed by atoms with van der Waals surface area (Å²) < 4.78 is 54.9. The van der Waals surface area contributed by atoms with Crippen molar-refractivity contribution in [3.8, 4) is 22.7 Å². The fraction of sp³-hybridized carbons (Fsp3) is 0.0952. The van der Waals surface area contributed by atoms with Crippen LogP contribution < -0.4 is 0 Å². The molecule has 0 atom stereocenters. The molecule has 22 rings (SSSR count). The van der Waals surface area contributed by atoms with Gasteiger partial charge in [-0.05, 0) is 187 Å². The van der Waals surface area contributed by atoms with Crippen molar-refractivity contribution in [3.05, 3.63) is 239 Å². The Morgan fingerprint density at radius 1 is 0.219 bits per heavy atom. The molecule has 0 spiro atoms. The van der Waals surface area contributed by atoms with Crippen LogP contribution in [0.2, 0.25) is 0 Å². The molecule has 0 amide bonds. The number of fused-ring (bicyclic) bond motifs is 28. The van der Waals surface area contributed by atoms with E-state index in [2.05, 4.69) is 256 Å². The van der Waals surface area contributed by atoms with E-state index in [0.717, 1.165) is 144 Å². The molecule has 0 fully saturated rings. The molecule has 0 aliphatic rings. The van der Waals surface area contributed by atoms with Crippen molar-refractivity contribution in [3.63, 3.8) is 0 Å². The number of hydrogen-bond acceptors (Lipinski definition) is 8. The molecule has 0 bridgehead atoms. The highest BCUT2D eigenvalue weighted by molar-refractivity contribution is 7.27. The van der Waals surface area contributed by atoms with Crippen molar-refractivity contribution in [1.82, 2.24) is 18.3 Å². The smallest absolute Gasteiger partial charge is 0.198 e. The fourth-order valence-corrected chi connectivity index (χ4v) is 17.8. The molecular weight excluding hydrogens is 1230 g/mol. The standard InChI is InChI=1S/C42H28N2O4.C42H28N2O2S2/c1-21-5-11-25(12-6-21)43-31-17-23(3)9-15-27(31)37-35(43)41-39(47-37)29-19-34-30(20-33(29)45-41)40-42(46-34)36-38(48-40)28-16-10-24(4)18-32(28)44(36)26-13-7-22(2)8-14-26;1-21-5-11-25(12-6-21)43-35-29-19-32-30(20-31(29)45-39(35)41-37(43)27-15-9-23(3)17-33(27)47-41)36-40(46-32)42-38(28-16-10-24(4)18-34(28)48-42)44(36)26-13-7-22(2)8-14-26/h2*5-20H,1-4H3. The quantitative estimate of drug-likeness (QED) is 0.174. The second kappa shape index (κ2) is 19.1. The molecule has 96 heavy (non-hydrogen) atoms. The minimum absolute atomic E-state index is 0.711. The lowest BCUT2D eigenvalue weighted by atomic mass is 10.1. The monoisotopic (exact) mass is 1280 g/mol. The van der Waals surface area contributed by atoms with Gasteiger partial charge in [-0.2, -0.15) is 0 Å². The van der Waals surface area contributed by atoms with Crippen LogP contribution in [-0.2, 0) is 0 Å². The van der Waals surface area contributed by atoms with E-state index in [-0.39, 0.29) is 0 Å². The van der Waals surface area contributed by atoms with Crippen molar-refractivity contribution < 1.29 is 26.5 Å². The molecule has 10 aromatic carbocycles. The van der Waals surface area contributed by atoms with Crippen LogP contribution >= 0.6 is 22.7 Å². The van der Waals surface area contributed by atoms with E-state index in [9.17, 15) is 0 Å². The normalized spacial score (nSPS) is 12.6. The topological polar surface area (TPSA) is 98.6 Å². The van der Waals surface area contributed by atoms with E-state index in [0.29, 0.717) is 11.2 Å². The van der Waals surface area contributed by atoms with E-state index in [1.807, 2.05) is 34.8 Å². The predicted octanol–water partition coefficient (Wildman–Crippen LogP) is 25.1. The Hall–Kier alpha value is -11.4. The van der Waals surface area contributed by atoms with Crippen LogP contribution in [0.15, 0.2) is 221 Å². The van der Waals surface area contributed by atoms with Crippen LogP contribution in [0.4, 0.5) is 0 Å². The highest BCUT2D eigenvalue weighted by Crippen LogP contribution is 2.52. The molecule has 12 heteroatoms. The van der Waals surface area contributed by atoms with Gasteiger partial charge in [-0.15, -0.1) is 22.7 Å². The number of thiophene rings is 2. The van der Waals surface area contributed by atoms with Crippen LogP contribution in [-0.4, -0.2) is 18.3 Å². The molecule has 0 unspecified atom stereocenters. The van der Waals surface area contributed by atoms with Crippen molar-refractivity contribution in [1.29, 1.82) is 0 Å². The van der Waals surface area contributed by atoms with Crippen LogP contribution in [0.25, 0.3) is 196 Å². The summed E-state index contributed by atoms with van der Waals surface area (Å²) in [6, 6.07) is 69.7. The number of rotatable bonds is 4. The Kier molecular flexibility index (Phi) is 10.8. The largest absolute Gasteiger partial charge is 0.453 e. The first-order valence-electron chi connectivity index (χ1n) is 32.5. The number of aromatic nitrogens is 4. The third kappa shape index (κ3) is 7.39. The van der Waals surface area contributed by atoms with Crippen molar-refractivity contribution in [2.45, 2.75) is 55.4 Å². The number of nitrogens with zero attached hydrogens (tertiary/aromatic N) is 4. The summed E-state index contributed by atoms with van der Waals surface area (Å²) in [7, 11) is 0. The van der Waals surface area contributed by atoms with Gasteiger partial charge in [-0.3, -0.25) is 0 Å². The zero-order valence-corrected chi connectivity index (χ0v) is 55.2. The Labute approximate surface area is 553 Å². The molecule has 0 radical (unpaired) electrons. The molecule has 12 aromatic heterocycles. The highest BCUT2D eigenvalue weighted by atomic mass is 32.1.